The Balaban J connectivity index is 1.41. The Morgan fingerprint density at radius 2 is 2.04 bits per heavy atom. The molecule has 23 heavy (non-hydrogen) atoms. The summed E-state index contributed by atoms with van der Waals surface area (Å²) in [5, 5.41) is 13.4. The molecule has 4 rings (SSSR count). The Hall–Kier alpha value is -3.00. The van der Waals surface area contributed by atoms with Gasteiger partial charge in [-0.05, 0) is 35.7 Å². The van der Waals surface area contributed by atoms with Gasteiger partial charge in [-0.25, -0.2) is 0 Å². The van der Waals surface area contributed by atoms with Crippen molar-refractivity contribution < 1.29 is 13.7 Å². The molecule has 0 aliphatic carbocycles. The van der Waals surface area contributed by atoms with E-state index in [0.717, 1.165) is 10.4 Å². The van der Waals surface area contributed by atoms with Crippen LogP contribution in [0, 0.1) is 0 Å². The standard InChI is InChI=1S/C15H10N4O3S/c1-2-12(23-7-1)14-17-13(22-19-14)8-20-11-5-3-10(4-6-11)15-18-16-9-21-15/h1-7,9H,8H2. The Labute approximate surface area is 134 Å². The molecule has 0 aliphatic rings. The monoisotopic (exact) mass is 326 g/mol. The maximum atomic E-state index is 5.64. The first kappa shape index (κ1) is 13.6. The molecule has 0 fully saturated rings. The van der Waals surface area contributed by atoms with Crippen molar-refractivity contribution in [3.63, 3.8) is 0 Å². The van der Waals surface area contributed by atoms with Crippen LogP contribution in [-0.2, 0) is 6.61 Å². The molecule has 0 saturated heterocycles. The van der Waals surface area contributed by atoms with Crippen LogP contribution in [0.4, 0.5) is 0 Å². The van der Waals surface area contributed by atoms with Gasteiger partial charge in [0, 0.05) is 5.56 Å². The second-order valence-electron chi connectivity index (χ2n) is 4.55. The molecule has 3 heterocycles. The summed E-state index contributed by atoms with van der Waals surface area (Å²) in [6, 6.07) is 11.2. The highest BCUT2D eigenvalue weighted by atomic mass is 32.1. The molecule has 0 radical (unpaired) electrons. The summed E-state index contributed by atoms with van der Waals surface area (Å²) in [6.45, 7) is 0.207. The maximum absolute atomic E-state index is 5.64. The van der Waals surface area contributed by atoms with E-state index in [9.17, 15) is 0 Å². The van der Waals surface area contributed by atoms with Crippen molar-refractivity contribution in [3.05, 3.63) is 54.1 Å². The summed E-state index contributed by atoms with van der Waals surface area (Å²) >= 11 is 1.56. The number of hydrogen-bond donors (Lipinski definition) is 0. The van der Waals surface area contributed by atoms with Gasteiger partial charge in [-0.2, -0.15) is 4.98 Å². The summed E-state index contributed by atoms with van der Waals surface area (Å²) in [5.74, 6) is 2.15. The lowest BCUT2D eigenvalue weighted by molar-refractivity contribution is 0.243. The van der Waals surface area contributed by atoms with Crippen molar-refractivity contribution in [2.24, 2.45) is 0 Å². The van der Waals surface area contributed by atoms with Gasteiger partial charge in [0.1, 0.15) is 5.75 Å². The molecule has 4 aromatic rings. The third kappa shape index (κ3) is 2.97. The summed E-state index contributed by atoms with van der Waals surface area (Å²) < 4.78 is 15.9. The van der Waals surface area contributed by atoms with E-state index in [0.29, 0.717) is 23.4 Å². The Morgan fingerprint density at radius 1 is 1.13 bits per heavy atom. The second kappa shape index (κ2) is 6.01. The molecule has 3 aromatic heterocycles. The smallest absolute Gasteiger partial charge is 0.264 e. The van der Waals surface area contributed by atoms with Crippen LogP contribution in [0.15, 0.2) is 57.1 Å². The molecule has 7 nitrogen and oxygen atoms in total. The van der Waals surface area contributed by atoms with Gasteiger partial charge in [0.05, 0.1) is 4.88 Å². The fourth-order valence-electron chi connectivity index (χ4n) is 1.96. The number of nitrogens with zero attached hydrogens (tertiary/aromatic N) is 4. The number of rotatable bonds is 5. The number of ether oxygens (including phenoxy) is 1. The molecule has 0 bridgehead atoms. The first-order chi connectivity index (χ1) is 11.4. The van der Waals surface area contributed by atoms with Gasteiger partial charge < -0.3 is 13.7 Å². The van der Waals surface area contributed by atoms with E-state index in [1.54, 1.807) is 11.3 Å². The van der Waals surface area contributed by atoms with Crippen molar-refractivity contribution >= 4 is 11.3 Å². The normalized spacial score (nSPS) is 10.8. The molecule has 8 heteroatoms. The third-order valence-corrected chi connectivity index (χ3v) is 3.90. The molecule has 114 valence electrons. The van der Waals surface area contributed by atoms with Crippen LogP contribution in [0.2, 0.25) is 0 Å². The number of thiophene rings is 1. The highest BCUT2D eigenvalue weighted by Gasteiger charge is 2.10. The lowest BCUT2D eigenvalue weighted by Gasteiger charge is -2.03. The highest BCUT2D eigenvalue weighted by molar-refractivity contribution is 7.13. The zero-order valence-corrected chi connectivity index (χ0v) is 12.6. The predicted octanol–water partition coefficient (Wildman–Crippen LogP) is 3.43. The van der Waals surface area contributed by atoms with Crippen LogP contribution in [-0.4, -0.2) is 20.3 Å². The summed E-state index contributed by atoms with van der Waals surface area (Å²) in [6.07, 6.45) is 1.29. The Morgan fingerprint density at radius 3 is 2.78 bits per heavy atom. The first-order valence-corrected chi connectivity index (χ1v) is 7.62. The zero-order valence-electron chi connectivity index (χ0n) is 11.7. The summed E-state index contributed by atoms with van der Waals surface area (Å²) in [5.41, 5.74) is 0.827. The topological polar surface area (TPSA) is 87.1 Å². The number of hydrogen-bond acceptors (Lipinski definition) is 8. The Kier molecular flexibility index (Phi) is 3.57. The van der Waals surface area contributed by atoms with Crippen molar-refractivity contribution in [1.29, 1.82) is 0 Å². The molecule has 0 aliphatic heterocycles. The average Bonchev–Trinajstić information content (AvgIpc) is 3.35. The van der Waals surface area contributed by atoms with Gasteiger partial charge in [0.15, 0.2) is 6.61 Å². The fraction of sp³-hybridized carbons (Fsp3) is 0.0667. The van der Waals surface area contributed by atoms with Gasteiger partial charge in [-0.15, -0.1) is 21.5 Å². The number of aromatic nitrogens is 4. The zero-order chi connectivity index (χ0) is 15.5. The molecular formula is C15H10N4O3S. The van der Waals surface area contributed by atoms with Gasteiger partial charge in [0.25, 0.3) is 5.89 Å². The SMILES string of the molecule is c1csc(-c2noc(COc3ccc(-c4nnco4)cc3)n2)c1. The summed E-state index contributed by atoms with van der Waals surface area (Å²) in [7, 11) is 0. The molecule has 1 aromatic carbocycles. The van der Waals surface area contributed by atoms with E-state index in [1.807, 2.05) is 41.8 Å². The first-order valence-electron chi connectivity index (χ1n) is 6.74. The second-order valence-corrected chi connectivity index (χ2v) is 5.49. The van der Waals surface area contributed by atoms with E-state index >= 15 is 0 Å². The lowest BCUT2D eigenvalue weighted by atomic mass is 10.2. The fourth-order valence-corrected chi connectivity index (χ4v) is 2.61. The van der Waals surface area contributed by atoms with Crippen LogP contribution in [0.5, 0.6) is 5.75 Å². The van der Waals surface area contributed by atoms with Gasteiger partial charge >= 0.3 is 0 Å². The summed E-state index contributed by atoms with van der Waals surface area (Å²) in [4.78, 5) is 5.26. The molecule has 0 spiro atoms. The van der Waals surface area contributed by atoms with Gasteiger partial charge in [-0.1, -0.05) is 11.2 Å². The van der Waals surface area contributed by atoms with Crippen molar-refractivity contribution in [3.8, 4) is 27.9 Å². The molecule has 0 amide bonds. The van der Waals surface area contributed by atoms with E-state index in [4.69, 9.17) is 13.7 Å². The Bertz CT molecular complexity index is 870. The minimum atomic E-state index is 0.207. The van der Waals surface area contributed by atoms with E-state index in [-0.39, 0.29) is 6.61 Å². The number of benzene rings is 1. The lowest BCUT2D eigenvalue weighted by Crippen LogP contribution is -1.95. The van der Waals surface area contributed by atoms with E-state index in [1.165, 1.54) is 6.39 Å². The van der Waals surface area contributed by atoms with Crippen molar-refractivity contribution in [2.45, 2.75) is 6.61 Å². The van der Waals surface area contributed by atoms with Crippen LogP contribution < -0.4 is 4.74 Å². The van der Waals surface area contributed by atoms with E-state index in [2.05, 4.69) is 20.3 Å². The van der Waals surface area contributed by atoms with Crippen molar-refractivity contribution in [2.75, 3.05) is 0 Å². The van der Waals surface area contributed by atoms with E-state index < -0.39 is 0 Å². The van der Waals surface area contributed by atoms with Crippen LogP contribution >= 0.6 is 11.3 Å². The van der Waals surface area contributed by atoms with Crippen LogP contribution in [0.3, 0.4) is 0 Å². The largest absolute Gasteiger partial charge is 0.484 e. The quantitative estimate of drug-likeness (QED) is 0.555. The maximum Gasteiger partial charge on any atom is 0.264 e. The average molecular weight is 326 g/mol. The molecular weight excluding hydrogens is 316 g/mol. The molecule has 0 atom stereocenters. The van der Waals surface area contributed by atoms with Crippen LogP contribution in [0.1, 0.15) is 5.89 Å². The molecule has 0 unspecified atom stereocenters. The highest BCUT2D eigenvalue weighted by Crippen LogP contribution is 2.23. The van der Waals surface area contributed by atoms with Crippen molar-refractivity contribution in [1.82, 2.24) is 20.3 Å². The molecule has 0 saturated carbocycles. The predicted molar refractivity (Wildman–Crippen MR) is 81.7 cm³/mol. The molecule has 0 N–H and O–H groups in total. The van der Waals surface area contributed by atoms with Crippen LogP contribution in [0.25, 0.3) is 22.2 Å². The van der Waals surface area contributed by atoms with Gasteiger partial charge in [0.2, 0.25) is 18.1 Å². The minimum Gasteiger partial charge on any atom is -0.484 e. The third-order valence-electron chi connectivity index (χ3n) is 3.03. The minimum absolute atomic E-state index is 0.207. The van der Waals surface area contributed by atoms with Gasteiger partial charge in [-0.3, -0.25) is 0 Å².